The van der Waals surface area contributed by atoms with Gasteiger partial charge in [0.25, 0.3) is 5.91 Å². The molecule has 0 radical (unpaired) electrons. The van der Waals surface area contributed by atoms with Gasteiger partial charge in [-0.3, -0.25) is 10.2 Å². The molecule has 3 aromatic rings. The fourth-order valence-corrected chi connectivity index (χ4v) is 2.34. The maximum absolute atomic E-state index is 12.4. The van der Waals surface area contributed by atoms with Crippen molar-refractivity contribution in [2.45, 2.75) is 20.8 Å². The van der Waals surface area contributed by atoms with E-state index in [4.69, 9.17) is 4.42 Å². The highest BCUT2D eigenvalue weighted by atomic mass is 16.3. The summed E-state index contributed by atoms with van der Waals surface area (Å²) >= 11 is 0. The van der Waals surface area contributed by atoms with Gasteiger partial charge in [-0.05, 0) is 32.9 Å². The van der Waals surface area contributed by atoms with Gasteiger partial charge in [0, 0.05) is 5.56 Å². The van der Waals surface area contributed by atoms with Crippen LogP contribution in [0.1, 0.15) is 27.4 Å². The van der Waals surface area contributed by atoms with Crippen molar-refractivity contribution in [2.24, 2.45) is 0 Å². The molecule has 1 aromatic carbocycles. The zero-order chi connectivity index (χ0) is 14.3. The number of benzene rings is 1. The first-order valence-corrected chi connectivity index (χ1v) is 6.38. The van der Waals surface area contributed by atoms with Gasteiger partial charge in [0.2, 0.25) is 0 Å². The molecule has 5 nitrogen and oxygen atoms in total. The Labute approximate surface area is 116 Å². The molecule has 2 aromatic heterocycles. The first-order valence-electron chi connectivity index (χ1n) is 6.38. The van der Waals surface area contributed by atoms with Crippen molar-refractivity contribution in [3.05, 3.63) is 53.2 Å². The highest BCUT2D eigenvalue weighted by molar-refractivity contribution is 6.02. The molecule has 0 unspecified atom stereocenters. The van der Waals surface area contributed by atoms with Crippen LogP contribution in [0.5, 0.6) is 0 Å². The number of hydrogen-bond acceptors (Lipinski definition) is 3. The van der Waals surface area contributed by atoms with E-state index < -0.39 is 0 Å². The molecule has 1 amide bonds. The Morgan fingerprint density at radius 1 is 1.20 bits per heavy atom. The smallest absolute Gasteiger partial charge is 0.273 e. The van der Waals surface area contributed by atoms with E-state index in [0.29, 0.717) is 11.3 Å². The molecule has 3 rings (SSSR count). The maximum atomic E-state index is 12.4. The van der Waals surface area contributed by atoms with Crippen molar-refractivity contribution in [2.75, 3.05) is 5.43 Å². The van der Waals surface area contributed by atoms with Crippen LogP contribution in [0.4, 0.5) is 0 Å². The molecule has 2 heterocycles. The zero-order valence-corrected chi connectivity index (χ0v) is 11.6. The van der Waals surface area contributed by atoms with Crippen molar-refractivity contribution in [3.63, 3.8) is 0 Å². The summed E-state index contributed by atoms with van der Waals surface area (Å²) in [6.45, 7) is 5.53. The van der Waals surface area contributed by atoms with E-state index in [0.717, 1.165) is 22.4 Å². The van der Waals surface area contributed by atoms with Crippen LogP contribution in [0.3, 0.4) is 0 Å². The van der Waals surface area contributed by atoms with Gasteiger partial charge >= 0.3 is 0 Å². The number of aryl methyl sites for hydroxylation is 2. The van der Waals surface area contributed by atoms with Crippen molar-refractivity contribution in [3.8, 4) is 0 Å². The number of para-hydroxylation sites is 2. The van der Waals surface area contributed by atoms with Crippen molar-refractivity contribution in [1.82, 2.24) is 9.66 Å². The van der Waals surface area contributed by atoms with Crippen molar-refractivity contribution in [1.29, 1.82) is 0 Å². The van der Waals surface area contributed by atoms with Gasteiger partial charge in [-0.2, -0.15) is 0 Å². The molecule has 0 spiro atoms. The first kappa shape index (κ1) is 12.5. The van der Waals surface area contributed by atoms with Crippen LogP contribution in [0.15, 0.2) is 35.0 Å². The third kappa shape index (κ3) is 1.87. The summed E-state index contributed by atoms with van der Waals surface area (Å²) in [5.74, 6) is 1.20. The summed E-state index contributed by atoms with van der Waals surface area (Å²) < 4.78 is 7.11. The average molecular weight is 269 g/mol. The summed E-state index contributed by atoms with van der Waals surface area (Å²) in [4.78, 5) is 16.6. The van der Waals surface area contributed by atoms with E-state index in [1.807, 2.05) is 38.1 Å². The van der Waals surface area contributed by atoms with Crippen molar-refractivity contribution < 1.29 is 9.21 Å². The molecular formula is C15H15N3O2. The van der Waals surface area contributed by atoms with E-state index in [1.165, 1.54) is 0 Å². The van der Waals surface area contributed by atoms with Gasteiger partial charge in [0.15, 0.2) is 0 Å². The summed E-state index contributed by atoms with van der Waals surface area (Å²) in [5, 5.41) is 0. The highest BCUT2D eigenvalue weighted by Crippen LogP contribution is 2.21. The van der Waals surface area contributed by atoms with E-state index in [1.54, 1.807) is 17.9 Å². The number of fused-ring (bicyclic) bond motifs is 1. The highest BCUT2D eigenvalue weighted by Gasteiger charge is 2.19. The fraction of sp³-hybridized carbons (Fsp3) is 0.200. The van der Waals surface area contributed by atoms with Crippen LogP contribution in [-0.2, 0) is 0 Å². The van der Waals surface area contributed by atoms with Crippen LogP contribution in [0, 0.1) is 20.8 Å². The lowest BCUT2D eigenvalue weighted by molar-refractivity contribution is 0.101. The van der Waals surface area contributed by atoms with E-state index >= 15 is 0 Å². The number of imidazole rings is 1. The lowest BCUT2D eigenvalue weighted by Gasteiger charge is -2.07. The predicted octanol–water partition coefficient (Wildman–Crippen LogP) is 2.94. The molecule has 0 aliphatic rings. The zero-order valence-electron chi connectivity index (χ0n) is 11.6. The summed E-state index contributed by atoms with van der Waals surface area (Å²) in [7, 11) is 0. The Hall–Kier alpha value is -2.56. The van der Waals surface area contributed by atoms with Gasteiger partial charge in [-0.25, -0.2) is 9.66 Å². The van der Waals surface area contributed by atoms with Gasteiger partial charge < -0.3 is 4.42 Å². The maximum Gasteiger partial charge on any atom is 0.273 e. The molecule has 0 saturated carbocycles. The standard InChI is InChI=1S/C15H15N3O2/c1-9-10(2)20-11(3)14(9)15(19)17-18-8-16-12-6-4-5-7-13(12)18/h4-8H,1-3H3,(H,17,19). The quantitative estimate of drug-likeness (QED) is 0.778. The first-order chi connectivity index (χ1) is 9.58. The molecule has 0 aliphatic heterocycles. The van der Waals surface area contributed by atoms with Crippen LogP contribution >= 0.6 is 0 Å². The molecule has 0 saturated heterocycles. The Balaban J connectivity index is 1.97. The Bertz CT molecular complexity index is 799. The summed E-state index contributed by atoms with van der Waals surface area (Å²) in [6.07, 6.45) is 1.60. The van der Waals surface area contributed by atoms with Gasteiger partial charge in [0.1, 0.15) is 17.8 Å². The number of furan rings is 1. The number of nitrogens with one attached hydrogen (secondary N) is 1. The van der Waals surface area contributed by atoms with Crippen LogP contribution < -0.4 is 5.43 Å². The second kappa shape index (κ2) is 4.52. The monoisotopic (exact) mass is 269 g/mol. The number of aromatic nitrogens is 2. The second-order valence-electron chi connectivity index (χ2n) is 4.76. The minimum Gasteiger partial charge on any atom is -0.466 e. The topological polar surface area (TPSA) is 60.1 Å². The minimum absolute atomic E-state index is 0.194. The lowest BCUT2D eigenvalue weighted by Crippen LogP contribution is -2.23. The third-order valence-corrected chi connectivity index (χ3v) is 3.46. The number of nitrogens with zero attached hydrogens (tertiary/aromatic N) is 2. The molecule has 0 fully saturated rings. The van der Waals surface area contributed by atoms with Gasteiger partial charge in [0.05, 0.1) is 16.6 Å². The Morgan fingerprint density at radius 3 is 2.65 bits per heavy atom. The number of rotatable bonds is 2. The summed E-state index contributed by atoms with van der Waals surface area (Å²) in [6, 6.07) is 7.62. The predicted molar refractivity (Wildman–Crippen MR) is 76.3 cm³/mol. The molecular weight excluding hydrogens is 254 g/mol. The molecule has 1 N–H and O–H groups in total. The molecule has 5 heteroatoms. The van der Waals surface area contributed by atoms with Crippen LogP contribution in [0.25, 0.3) is 11.0 Å². The largest absolute Gasteiger partial charge is 0.466 e. The fourth-order valence-electron chi connectivity index (χ4n) is 2.34. The summed E-state index contributed by atoms with van der Waals surface area (Å²) in [5.41, 5.74) is 5.98. The van der Waals surface area contributed by atoms with Crippen LogP contribution in [-0.4, -0.2) is 15.6 Å². The molecule has 0 aliphatic carbocycles. The van der Waals surface area contributed by atoms with E-state index in [-0.39, 0.29) is 5.91 Å². The second-order valence-corrected chi connectivity index (χ2v) is 4.76. The minimum atomic E-state index is -0.194. The molecule has 0 bridgehead atoms. The van der Waals surface area contributed by atoms with Gasteiger partial charge in [-0.15, -0.1) is 0 Å². The van der Waals surface area contributed by atoms with Crippen LogP contribution in [0.2, 0.25) is 0 Å². The molecule has 20 heavy (non-hydrogen) atoms. The Kier molecular flexibility index (Phi) is 2.82. The normalized spacial score (nSPS) is 10.9. The molecule has 102 valence electrons. The lowest BCUT2D eigenvalue weighted by atomic mass is 10.1. The number of amides is 1. The molecule has 0 atom stereocenters. The van der Waals surface area contributed by atoms with E-state index in [9.17, 15) is 4.79 Å². The SMILES string of the molecule is Cc1oc(C)c(C(=O)Nn2cnc3ccccc32)c1C. The Morgan fingerprint density at radius 2 is 1.95 bits per heavy atom. The van der Waals surface area contributed by atoms with Crippen molar-refractivity contribution >= 4 is 16.9 Å². The average Bonchev–Trinajstić information content (AvgIpc) is 2.92. The van der Waals surface area contributed by atoms with Gasteiger partial charge in [-0.1, -0.05) is 12.1 Å². The number of carbonyl (C=O) groups is 1. The number of carbonyl (C=O) groups excluding carboxylic acids is 1. The van der Waals surface area contributed by atoms with E-state index in [2.05, 4.69) is 10.4 Å². The third-order valence-electron chi connectivity index (χ3n) is 3.46. The number of hydrogen-bond donors (Lipinski definition) is 1.